The quantitative estimate of drug-likeness (QED) is 0.134. The van der Waals surface area contributed by atoms with Crippen molar-refractivity contribution in [3.63, 3.8) is 0 Å². The minimum absolute atomic E-state index is 1.11. The Morgan fingerprint density at radius 3 is 1.05 bits per heavy atom. The normalized spacial score (nSPS) is 11.5. The van der Waals surface area contributed by atoms with Gasteiger partial charge in [-0.3, -0.25) is 0 Å². The number of nitrogens with zero attached hydrogens (tertiary/aromatic N) is 2. The second-order valence-electron chi connectivity index (χ2n) is 15.8. The van der Waals surface area contributed by atoms with Crippen molar-refractivity contribution in [2.45, 2.75) is 0 Å². The molecule has 0 amide bonds. The van der Waals surface area contributed by atoms with Crippen molar-refractivity contribution in [3.05, 3.63) is 254 Å². The van der Waals surface area contributed by atoms with Crippen LogP contribution in [-0.2, 0) is 0 Å². The van der Waals surface area contributed by atoms with Gasteiger partial charge in [0.25, 0.3) is 0 Å². The van der Waals surface area contributed by atoms with Gasteiger partial charge in [-0.1, -0.05) is 194 Å². The van der Waals surface area contributed by atoms with Gasteiger partial charge < -0.3 is 9.80 Å². The monoisotopic (exact) mass is 790 g/mol. The summed E-state index contributed by atoms with van der Waals surface area (Å²) in [5, 5.41) is 9.79. The molecule has 62 heavy (non-hydrogen) atoms. The van der Waals surface area contributed by atoms with Crippen LogP contribution in [0.25, 0.3) is 66.4 Å². The van der Waals surface area contributed by atoms with Crippen LogP contribution in [0.5, 0.6) is 0 Å². The van der Waals surface area contributed by atoms with E-state index < -0.39 is 0 Å². The molecule has 11 aromatic rings. The van der Waals surface area contributed by atoms with Gasteiger partial charge in [0.1, 0.15) is 0 Å². The van der Waals surface area contributed by atoms with E-state index in [1.807, 2.05) is 0 Å². The summed E-state index contributed by atoms with van der Waals surface area (Å²) >= 11 is 0. The second-order valence-corrected chi connectivity index (χ2v) is 15.8. The third-order valence-electron chi connectivity index (χ3n) is 12.0. The molecule has 0 N–H and O–H groups in total. The van der Waals surface area contributed by atoms with Crippen molar-refractivity contribution in [1.29, 1.82) is 0 Å². The van der Waals surface area contributed by atoms with Gasteiger partial charge in [0.05, 0.1) is 11.4 Å². The average molecular weight is 791 g/mol. The van der Waals surface area contributed by atoms with Crippen LogP contribution in [0.4, 0.5) is 34.1 Å². The van der Waals surface area contributed by atoms with Crippen LogP contribution in [0.1, 0.15) is 11.1 Å². The maximum atomic E-state index is 2.38. The first-order valence-corrected chi connectivity index (χ1v) is 21.2. The molecule has 0 radical (unpaired) electrons. The predicted molar refractivity (Wildman–Crippen MR) is 267 cm³/mol. The van der Waals surface area contributed by atoms with Crippen LogP contribution in [0.15, 0.2) is 243 Å². The molecule has 2 nitrogen and oxygen atoms in total. The molecular formula is C60H42N2. The standard InChI is InChI=1S/C60H42N2/c1-3-15-51-41-55(39-33-45(51)11-1)61(59-21-9-17-49-13-5-7-19-57(49)59)53-35-27-44(28-36-53)24-23-43-25-29-47(30-26-43)48-31-37-54(38-32-48)62(56-40-34-46-12-2-4-16-52(46)42-56)60-22-10-18-50-14-6-8-20-58(50)60/h1-42H/b24-23+. The summed E-state index contributed by atoms with van der Waals surface area (Å²) in [4.78, 5) is 4.75. The molecule has 0 aliphatic carbocycles. The zero-order valence-electron chi connectivity index (χ0n) is 34.1. The summed E-state index contributed by atoms with van der Waals surface area (Å²) < 4.78 is 0. The zero-order chi connectivity index (χ0) is 41.2. The van der Waals surface area contributed by atoms with E-state index in [1.165, 1.54) is 54.2 Å². The van der Waals surface area contributed by atoms with Gasteiger partial charge in [-0.15, -0.1) is 0 Å². The van der Waals surface area contributed by atoms with Crippen LogP contribution in [-0.4, -0.2) is 0 Å². The topological polar surface area (TPSA) is 6.48 Å². The SMILES string of the molecule is C(=C\c1ccc(N(c2ccc3ccccc3c2)c2cccc3ccccc23)cc1)/c1ccc(-c2ccc(N(c3ccc4ccccc4c3)c3cccc4ccccc34)cc2)cc1. The summed E-state index contributed by atoms with van der Waals surface area (Å²) in [6.07, 6.45) is 4.39. The molecule has 2 heteroatoms. The molecule has 11 rings (SSSR count). The van der Waals surface area contributed by atoms with E-state index in [-0.39, 0.29) is 0 Å². The van der Waals surface area contributed by atoms with Crippen LogP contribution in [0, 0.1) is 0 Å². The lowest BCUT2D eigenvalue weighted by Crippen LogP contribution is -2.10. The van der Waals surface area contributed by atoms with E-state index in [4.69, 9.17) is 0 Å². The van der Waals surface area contributed by atoms with E-state index in [0.717, 1.165) is 45.3 Å². The van der Waals surface area contributed by atoms with E-state index in [9.17, 15) is 0 Å². The molecule has 0 bridgehead atoms. The smallest absolute Gasteiger partial charge is 0.0540 e. The van der Waals surface area contributed by atoms with E-state index in [0.29, 0.717) is 0 Å². The van der Waals surface area contributed by atoms with Gasteiger partial charge in [0.2, 0.25) is 0 Å². The second kappa shape index (κ2) is 16.1. The Kier molecular flexibility index (Phi) is 9.57. The van der Waals surface area contributed by atoms with Gasteiger partial charge in [-0.25, -0.2) is 0 Å². The maximum Gasteiger partial charge on any atom is 0.0540 e. The Balaban J connectivity index is 0.857. The third-order valence-corrected chi connectivity index (χ3v) is 12.0. The molecule has 292 valence electrons. The van der Waals surface area contributed by atoms with Crippen molar-refractivity contribution in [3.8, 4) is 11.1 Å². The predicted octanol–water partition coefficient (Wildman–Crippen LogP) is 17.1. The van der Waals surface area contributed by atoms with Crippen molar-refractivity contribution >= 4 is 89.4 Å². The van der Waals surface area contributed by atoms with Crippen LogP contribution in [0.3, 0.4) is 0 Å². The first kappa shape index (κ1) is 36.8. The third kappa shape index (κ3) is 7.14. The van der Waals surface area contributed by atoms with Gasteiger partial charge in [0.15, 0.2) is 0 Å². The molecule has 0 saturated heterocycles. The molecule has 11 aromatic carbocycles. The van der Waals surface area contributed by atoms with Gasteiger partial charge in [-0.2, -0.15) is 0 Å². The molecule has 0 aliphatic rings. The highest BCUT2D eigenvalue weighted by molar-refractivity contribution is 6.02. The lowest BCUT2D eigenvalue weighted by Gasteiger charge is -2.27. The van der Waals surface area contributed by atoms with E-state index >= 15 is 0 Å². The number of benzene rings is 11. The van der Waals surface area contributed by atoms with Crippen molar-refractivity contribution < 1.29 is 0 Å². The molecule has 0 aliphatic heterocycles. The minimum Gasteiger partial charge on any atom is -0.310 e. The number of hydrogen-bond acceptors (Lipinski definition) is 2. The molecule has 0 heterocycles. The maximum absolute atomic E-state index is 2.38. The Bertz CT molecular complexity index is 3390. The molecule has 0 spiro atoms. The van der Waals surface area contributed by atoms with E-state index in [1.54, 1.807) is 0 Å². The number of anilines is 6. The van der Waals surface area contributed by atoms with Gasteiger partial charge in [-0.05, 0) is 115 Å². The molecule has 0 saturated carbocycles. The average Bonchev–Trinajstić information content (AvgIpc) is 3.34. The molecule has 0 atom stereocenters. The van der Waals surface area contributed by atoms with Crippen LogP contribution in [0.2, 0.25) is 0 Å². The van der Waals surface area contributed by atoms with Gasteiger partial charge >= 0.3 is 0 Å². The highest BCUT2D eigenvalue weighted by Gasteiger charge is 2.17. The Morgan fingerprint density at radius 2 is 0.581 bits per heavy atom. The largest absolute Gasteiger partial charge is 0.310 e. The summed E-state index contributed by atoms with van der Waals surface area (Å²) in [5.41, 5.74) is 11.5. The molecular weight excluding hydrogens is 749 g/mol. The lowest BCUT2D eigenvalue weighted by molar-refractivity contribution is 1.30. The van der Waals surface area contributed by atoms with E-state index in [2.05, 4.69) is 265 Å². The van der Waals surface area contributed by atoms with Crippen LogP contribution < -0.4 is 9.80 Å². The summed E-state index contributed by atoms with van der Waals surface area (Å²) in [6.45, 7) is 0. The first-order valence-electron chi connectivity index (χ1n) is 21.2. The van der Waals surface area contributed by atoms with Crippen LogP contribution >= 0.6 is 0 Å². The fraction of sp³-hybridized carbons (Fsp3) is 0. The summed E-state index contributed by atoms with van der Waals surface area (Å²) in [6, 6.07) is 87.6. The minimum atomic E-state index is 1.11. The van der Waals surface area contributed by atoms with Crippen molar-refractivity contribution in [1.82, 2.24) is 0 Å². The summed E-state index contributed by atoms with van der Waals surface area (Å²) in [7, 11) is 0. The number of rotatable bonds is 9. The Morgan fingerprint density at radius 1 is 0.242 bits per heavy atom. The first-order chi connectivity index (χ1) is 30.7. The molecule has 0 aromatic heterocycles. The fourth-order valence-electron chi connectivity index (χ4n) is 8.81. The summed E-state index contributed by atoms with van der Waals surface area (Å²) in [5.74, 6) is 0. The fourth-order valence-corrected chi connectivity index (χ4v) is 8.81. The highest BCUT2D eigenvalue weighted by atomic mass is 15.1. The highest BCUT2D eigenvalue weighted by Crippen LogP contribution is 2.42. The number of fused-ring (bicyclic) bond motifs is 4. The lowest BCUT2D eigenvalue weighted by atomic mass is 10.0. The van der Waals surface area contributed by atoms with Crippen molar-refractivity contribution in [2.24, 2.45) is 0 Å². The Labute approximate surface area is 362 Å². The zero-order valence-corrected chi connectivity index (χ0v) is 34.1. The van der Waals surface area contributed by atoms with Gasteiger partial charge in [0, 0.05) is 33.5 Å². The van der Waals surface area contributed by atoms with Crippen molar-refractivity contribution in [2.75, 3.05) is 9.80 Å². The molecule has 0 fully saturated rings. The molecule has 0 unspecified atom stereocenters. The number of hydrogen-bond donors (Lipinski definition) is 0. The Hall–Kier alpha value is -8.20.